The average molecular weight is 468 g/mol. The third-order valence-electron chi connectivity index (χ3n) is 6.49. The summed E-state index contributed by atoms with van der Waals surface area (Å²) in [7, 11) is 0. The molecule has 0 fully saturated rings. The summed E-state index contributed by atoms with van der Waals surface area (Å²) in [5, 5.41) is 6.78. The van der Waals surface area contributed by atoms with E-state index in [2.05, 4.69) is 10.1 Å². The van der Waals surface area contributed by atoms with Gasteiger partial charge in [0.25, 0.3) is 5.56 Å². The number of halogens is 1. The molecule has 0 aliphatic rings. The van der Waals surface area contributed by atoms with E-state index in [9.17, 15) is 14.0 Å². The number of nitrogens with zero attached hydrogens (tertiary/aromatic N) is 2. The van der Waals surface area contributed by atoms with Gasteiger partial charge in [0.2, 0.25) is 0 Å². The van der Waals surface area contributed by atoms with Gasteiger partial charge >= 0.3 is 0 Å². The molecule has 1 atom stereocenters. The fourth-order valence-electron chi connectivity index (χ4n) is 4.64. The lowest BCUT2D eigenvalue weighted by molar-refractivity contribution is 0.0969. The summed E-state index contributed by atoms with van der Waals surface area (Å²) < 4.78 is 14.8. The van der Waals surface area contributed by atoms with Crippen molar-refractivity contribution in [2.24, 2.45) is 0 Å². The maximum absolute atomic E-state index is 13.3. The first-order chi connectivity index (χ1) is 16.8. The van der Waals surface area contributed by atoms with Crippen LogP contribution in [0.3, 0.4) is 0 Å². The van der Waals surface area contributed by atoms with Gasteiger partial charge in [-0.2, -0.15) is 5.10 Å². The summed E-state index contributed by atoms with van der Waals surface area (Å²) in [4.78, 5) is 29.5. The first kappa shape index (κ1) is 22.7. The molecule has 0 unspecified atom stereocenters. The van der Waals surface area contributed by atoms with Gasteiger partial charge in [0.05, 0.1) is 11.9 Å². The Labute approximate surface area is 202 Å². The molecule has 5 nitrogen and oxygen atoms in total. The molecule has 2 aromatic heterocycles. The molecule has 1 N–H and O–H groups in total. The predicted octanol–water partition coefficient (Wildman–Crippen LogP) is 6.48. The number of fused-ring (bicyclic) bond motifs is 2. The van der Waals surface area contributed by atoms with E-state index in [1.807, 2.05) is 63.2 Å². The number of carbonyl (C=O) groups is 1. The van der Waals surface area contributed by atoms with Crippen molar-refractivity contribution >= 4 is 22.1 Å². The van der Waals surface area contributed by atoms with Crippen LogP contribution in [-0.4, -0.2) is 20.4 Å². The first-order valence-corrected chi connectivity index (χ1v) is 11.7. The number of aromatic nitrogens is 3. The number of nitrogens with one attached hydrogen (secondary N) is 1. The van der Waals surface area contributed by atoms with Crippen molar-refractivity contribution in [1.82, 2.24) is 14.6 Å². The van der Waals surface area contributed by atoms with E-state index < -0.39 is 0 Å². The van der Waals surface area contributed by atoms with Crippen LogP contribution in [-0.2, 0) is 0 Å². The molecular weight excluding hydrogens is 441 g/mol. The molecule has 35 heavy (non-hydrogen) atoms. The summed E-state index contributed by atoms with van der Waals surface area (Å²) in [5.74, 6) is -0.628. The monoisotopic (exact) mass is 467 g/mol. The van der Waals surface area contributed by atoms with Crippen LogP contribution in [0.4, 0.5) is 4.39 Å². The molecule has 0 amide bonds. The second kappa shape index (κ2) is 8.95. The lowest BCUT2D eigenvalue weighted by Crippen LogP contribution is -2.13. The van der Waals surface area contributed by atoms with Gasteiger partial charge in [0.1, 0.15) is 17.0 Å². The lowest BCUT2D eigenvalue weighted by Gasteiger charge is -2.11. The minimum atomic E-state index is -0.309. The number of aromatic amines is 1. The van der Waals surface area contributed by atoms with Crippen molar-refractivity contribution in [1.29, 1.82) is 0 Å². The van der Waals surface area contributed by atoms with Crippen molar-refractivity contribution in [3.05, 3.63) is 106 Å². The van der Waals surface area contributed by atoms with E-state index in [1.165, 1.54) is 16.6 Å². The molecule has 6 heteroatoms. The minimum absolute atomic E-state index is 0.0693. The Kier molecular flexibility index (Phi) is 5.81. The zero-order valence-corrected chi connectivity index (χ0v) is 19.9. The molecule has 0 bridgehead atoms. The van der Waals surface area contributed by atoms with Gasteiger partial charge in [-0.05, 0) is 46.4 Å². The van der Waals surface area contributed by atoms with Gasteiger partial charge in [-0.15, -0.1) is 0 Å². The van der Waals surface area contributed by atoms with Gasteiger partial charge in [-0.25, -0.2) is 8.91 Å². The van der Waals surface area contributed by atoms with Crippen LogP contribution < -0.4 is 5.56 Å². The van der Waals surface area contributed by atoms with Crippen molar-refractivity contribution < 1.29 is 9.18 Å². The Morgan fingerprint density at radius 1 is 1.00 bits per heavy atom. The Hall–Kier alpha value is -4.06. The van der Waals surface area contributed by atoms with Crippen LogP contribution in [0.15, 0.2) is 77.7 Å². The quantitative estimate of drug-likeness (QED) is 0.291. The number of carbonyl (C=O) groups excluding carboxylic acids is 1. The highest BCUT2D eigenvalue weighted by atomic mass is 19.1. The van der Waals surface area contributed by atoms with E-state index in [0.29, 0.717) is 22.5 Å². The fourth-order valence-corrected chi connectivity index (χ4v) is 4.64. The molecule has 5 rings (SSSR count). The lowest BCUT2D eigenvalue weighted by atomic mass is 9.92. The normalized spacial score (nSPS) is 12.5. The predicted molar refractivity (Wildman–Crippen MR) is 137 cm³/mol. The van der Waals surface area contributed by atoms with E-state index in [0.717, 1.165) is 21.9 Å². The SMILES string of the molecule is CC(C)c1c(C(=O)C[C@@H](C)c2ccc(F)cc2)nn2cc(-c3ccc4ccccc4c3)[nH]c(=O)c12. The van der Waals surface area contributed by atoms with Crippen molar-refractivity contribution in [2.45, 2.75) is 39.0 Å². The standard InChI is InChI=1S/C29H26FN3O2/c1-17(2)26-27(25(34)14-18(3)19-10-12-23(30)13-11-19)32-33-16-24(31-29(35)28(26)33)22-9-8-20-6-4-5-7-21(20)15-22/h4-13,15-18H,14H2,1-3H3,(H,31,35)/t18-/m1/s1. The summed E-state index contributed by atoms with van der Waals surface area (Å²) in [5.41, 5.74) is 3.44. The number of hydrogen-bond acceptors (Lipinski definition) is 3. The third-order valence-corrected chi connectivity index (χ3v) is 6.49. The van der Waals surface area contributed by atoms with E-state index in [1.54, 1.807) is 18.3 Å². The molecule has 0 aliphatic carbocycles. The molecular formula is C29H26FN3O2. The average Bonchev–Trinajstić information content (AvgIpc) is 3.25. The van der Waals surface area contributed by atoms with Gasteiger partial charge in [-0.3, -0.25) is 9.59 Å². The summed E-state index contributed by atoms with van der Waals surface area (Å²) in [6.45, 7) is 5.84. The topological polar surface area (TPSA) is 67.2 Å². The zero-order chi connectivity index (χ0) is 24.7. The molecule has 0 radical (unpaired) electrons. The first-order valence-electron chi connectivity index (χ1n) is 11.7. The molecule has 176 valence electrons. The van der Waals surface area contributed by atoms with Gasteiger partial charge in [-0.1, -0.05) is 69.3 Å². The van der Waals surface area contributed by atoms with Crippen LogP contribution in [0.5, 0.6) is 0 Å². The van der Waals surface area contributed by atoms with Gasteiger partial charge < -0.3 is 4.98 Å². The van der Waals surface area contributed by atoms with Crippen LogP contribution in [0.1, 0.15) is 60.6 Å². The van der Waals surface area contributed by atoms with Crippen molar-refractivity contribution in [2.75, 3.05) is 0 Å². The highest BCUT2D eigenvalue weighted by molar-refractivity contribution is 5.98. The third kappa shape index (κ3) is 4.28. The van der Waals surface area contributed by atoms with Crippen LogP contribution in [0.2, 0.25) is 0 Å². The van der Waals surface area contributed by atoms with Crippen molar-refractivity contribution in [3.63, 3.8) is 0 Å². The highest BCUT2D eigenvalue weighted by Crippen LogP contribution is 2.29. The highest BCUT2D eigenvalue weighted by Gasteiger charge is 2.25. The van der Waals surface area contributed by atoms with Gasteiger partial charge in [0.15, 0.2) is 5.78 Å². The fraction of sp³-hybridized carbons (Fsp3) is 0.207. The zero-order valence-electron chi connectivity index (χ0n) is 19.9. The maximum Gasteiger partial charge on any atom is 0.274 e. The molecule has 5 aromatic rings. The Balaban J connectivity index is 1.56. The van der Waals surface area contributed by atoms with Gasteiger partial charge in [0, 0.05) is 17.5 Å². The minimum Gasteiger partial charge on any atom is -0.319 e. The molecule has 2 heterocycles. The Morgan fingerprint density at radius 2 is 1.71 bits per heavy atom. The second-order valence-corrected chi connectivity index (χ2v) is 9.35. The molecule has 0 saturated heterocycles. The summed E-state index contributed by atoms with van der Waals surface area (Å²) >= 11 is 0. The number of ketones is 1. The van der Waals surface area contributed by atoms with E-state index >= 15 is 0 Å². The molecule has 0 saturated carbocycles. The molecule has 0 spiro atoms. The number of H-pyrrole nitrogens is 1. The van der Waals surface area contributed by atoms with E-state index in [4.69, 9.17) is 0 Å². The van der Waals surface area contributed by atoms with Crippen LogP contribution in [0.25, 0.3) is 27.5 Å². The Bertz CT molecular complexity index is 1610. The smallest absolute Gasteiger partial charge is 0.274 e. The van der Waals surface area contributed by atoms with E-state index in [-0.39, 0.29) is 35.4 Å². The largest absolute Gasteiger partial charge is 0.319 e. The number of rotatable bonds is 6. The molecule has 3 aromatic carbocycles. The molecule has 0 aliphatic heterocycles. The number of Topliss-reactive ketones (excluding diaryl/α,β-unsaturated/α-hetero) is 1. The van der Waals surface area contributed by atoms with Crippen LogP contribution in [0, 0.1) is 5.82 Å². The number of hydrogen-bond donors (Lipinski definition) is 1. The van der Waals surface area contributed by atoms with Crippen molar-refractivity contribution in [3.8, 4) is 11.3 Å². The second-order valence-electron chi connectivity index (χ2n) is 9.35. The summed E-state index contributed by atoms with van der Waals surface area (Å²) in [6, 6.07) is 20.2. The van der Waals surface area contributed by atoms with Crippen LogP contribution >= 0.6 is 0 Å². The maximum atomic E-state index is 13.3. The number of benzene rings is 3. The summed E-state index contributed by atoms with van der Waals surface area (Å²) in [6.07, 6.45) is 1.98. The Morgan fingerprint density at radius 3 is 2.43 bits per heavy atom.